The van der Waals surface area contributed by atoms with Gasteiger partial charge in [0.2, 0.25) is 0 Å². The van der Waals surface area contributed by atoms with Crippen LogP contribution < -0.4 is 5.32 Å². The van der Waals surface area contributed by atoms with Gasteiger partial charge >= 0.3 is 0 Å². The van der Waals surface area contributed by atoms with E-state index < -0.39 is 0 Å². The molecule has 0 saturated heterocycles. The summed E-state index contributed by atoms with van der Waals surface area (Å²) in [4.78, 5) is 16.7. The number of aromatic amines is 1. The van der Waals surface area contributed by atoms with Gasteiger partial charge in [0.25, 0.3) is 5.91 Å². The highest BCUT2D eigenvalue weighted by atomic mass is 16.3. The Morgan fingerprint density at radius 1 is 1.08 bits per heavy atom. The molecular formula is C19H16N4O2. The number of rotatable bonds is 3. The smallest absolute Gasteiger partial charge is 0.273 e. The van der Waals surface area contributed by atoms with Crippen molar-refractivity contribution in [3.05, 3.63) is 65.7 Å². The van der Waals surface area contributed by atoms with Crippen LogP contribution in [0, 0.1) is 13.8 Å². The quantitative estimate of drug-likeness (QED) is 0.592. The van der Waals surface area contributed by atoms with E-state index in [0.717, 1.165) is 11.3 Å². The van der Waals surface area contributed by atoms with Gasteiger partial charge in [-0.3, -0.25) is 9.89 Å². The van der Waals surface area contributed by atoms with Gasteiger partial charge in [-0.1, -0.05) is 29.8 Å². The molecule has 1 amide bonds. The summed E-state index contributed by atoms with van der Waals surface area (Å²) in [6, 6.07) is 15.1. The van der Waals surface area contributed by atoms with Crippen LogP contribution in [0.25, 0.3) is 22.4 Å². The molecule has 2 aromatic carbocycles. The number of aromatic nitrogens is 3. The van der Waals surface area contributed by atoms with Crippen LogP contribution in [-0.4, -0.2) is 21.1 Å². The summed E-state index contributed by atoms with van der Waals surface area (Å²) in [5.74, 6) is 0.334. The second-order valence-corrected chi connectivity index (χ2v) is 5.90. The van der Waals surface area contributed by atoms with E-state index in [1.807, 2.05) is 31.2 Å². The summed E-state index contributed by atoms with van der Waals surface area (Å²) in [6.45, 7) is 3.82. The standard InChI is InChI=1S/C19H16N4O2/c1-11-3-5-13(6-4-11)15-10-17(23-22-15)19(24)21-14-7-8-18-16(9-14)20-12(2)25-18/h3-10H,1-2H3,(H,21,24)(H,22,23). The summed E-state index contributed by atoms with van der Waals surface area (Å²) >= 11 is 0. The number of oxazole rings is 1. The van der Waals surface area contributed by atoms with E-state index in [4.69, 9.17) is 4.42 Å². The van der Waals surface area contributed by atoms with Crippen LogP contribution in [0.4, 0.5) is 5.69 Å². The topological polar surface area (TPSA) is 83.8 Å². The molecule has 124 valence electrons. The van der Waals surface area contributed by atoms with Crippen molar-refractivity contribution in [3.8, 4) is 11.3 Å². The predicted octanol–water partition coefficient (Wildman–Crippen LogP) is 4.09. The van der Waals surface area contributed by atoms with Crippen molar-refractivity contribution in [2.75, 3.05) is 5.32 Å². The second kappa shape index (κ2) is 5.90. The molecule has 0 unspecified atom stereocenters. The number of fused-ring (bicyclic) bond motifs is 1. The maximum Gasteiger partial charge on any atom is 0.273 e. The van der Waals surface area contributed by atoms with Crippen molar-refractivity contribution >= 4 is 22.7 Å². The summed E-state index contributed by atoms with van der Waals surface area (Å²) in [6.07, 6.45) is 0. The van der Waals surface area contributed by atoms with Crippen LogP contribution in [-0.2, 0) is 0 Å². The molecule has 2 heterocycles. The zero-order valence-corrected chi connectivity index (χ0v) is 13.8. The fourth-order valence-electron chi connectivity index (χ4n) is 2.63. The third-order valence-corrected chi connectivity index (χ3v) is 3.92. The Balaban J connectivity index is 1.55. The van der Waals surface area contributed by atoms with E-state index in [-0.39, 0.29) is 5.91 Å². The van der Waals surface area contributed by atoms with Crippen molar-refractivity contribution in [2.24, 2.45) is 0 Å². The molecule has 0 bridgehead atoms. The number of hydrogen-bond acceptors (Lipinski definition) is 4. The maximum atomic E-state index is 12.4. The first-order chi connectivity index (χ1) is 12.1. The SMILES string of the molecule is Cc1ccc(-c2cc(C(=O)Nc3ccc4oc(C)nc4c3)[nH]n2)cc1. The number of nitrogens with zero attached hydrogens (tertiary/aromatic N) is 2. The molecular weight excluding hydrogens is 316 g/mol. The summed E-state index contributed by atoms with van der Waals surface area (Å²) in [5.41, 5.74) is 5.31. The summed E-state index contributed by atoms with van der Waals surface area (Å²) in [7, 11) is 0. The molecule has 0 aliphatic rings. The Morgan fingerprint density at radius 3 is 2.68 bits per heavy atom. The third kappa shape index (κ3) is 3.01. The van der Waals surface area contributed by atoms with Gasteiger partial charge in [0, 0.05) is 18.2 Å². The molecule has 4 aromatic rings. The van der Waals surface area contributed by atoms with Crippen molar-refractivity contribution < 1.29 is 9.21 Å². The lowest BCUT2D eigenvalue weighted by Crippen LogP contribution is -2.12. The van der Waals surface area contributed by atoms with E-state index in [1.165, 1.54) is 5.56 Å². The molecule has 4 rings (SSSR count). The Kier molecular flexibility index (Phi) is 3.57. The third-order valence-electron chi connectivity index (χ3n) is 3.92. The van der Waals surface area contributed by atoms with E-state index in [0.29, 0.717) is 28.4 Å². The molecule has 0 atom stereocenters. The minimum Gasteiger partial charge on any atom is -0.441 e. The van der Waals surface area contributed by atoms with Gasteiger partial charge in [0.05, 0.1) is 5.69 Å². The normalized spacial score (nSPS) is 11.0. The van der Waals surface area contributed by atoms with Crippen LogP contribution in [0.3, 0.4) is 0 Å². The number of benzene rings is 2. The minimum atomic E-state index is -0.259. The van der Waals surface area contributed by atoms with Crippen LogP contribution in [0.2, 0.25) is 0 Å². The highest BCUT2D eigenvalue weighted by Crippen LogP contribution is 2.21. The van der Waals surface area contributed by atoms with Gasteiger partial charge in [-0.2, -0.15) is 5.10 Å². The lowest BCUT2D eigenvalue weighted by molar-refractivity contribution is 0.102. The van der Waals surface area contributed by atoms with Crippen LogP contribution in [0.5, 0.6) is 0 Å². The Labute approximate surface area is 143 Å². The molecule has 0 spiro atoms. The molecule has 6 nitrogen and oxygen atoms in total. The van der Waals surface area contributed by atoms with Gasteiger partial charge in [0.15, 0.2) is 11.5 Å². The number of carbonyl (C=O) groups is 1. The monoisotopic (exact) mass is 332 g/mol. The van der Waals surface area contributed by atoms with Gasteiger partial charge in [-0.25, -0.2) is 4.98 Å². The van der Waals surface area contributed by atoms with Gasteiger partial charge < -0.3 is 9.73 Å². The second-order valence-electron chi connectivity index (χ2n) is 5.90. The van der Waals surface area contributed by atoms with Crippen LogP contribution >= 0.6 is 0 Å². The molecule has 2 N–H and O–H groups in total. The first kappa shape index (κ1) is 15.1. The summed E-state index contributed by atoms with van der Waals surface area (Å²) in [5, 5.41) is 9.84. The molecule has 6 heteroatoms. The van der Waals surface area contributed by atoms with Crippen LogP contribution in [0.1, 0.15) is 21.9 Å². The average Bonchev–Trinajstić information content (AvgIpc) is 3.21. The van der Waals surface area contributed by atoms with E-state index in [9.17, 15) is 4.79 Å². The molecule has 0 aliphatic heterocycles. The predicted molar refractivity (Wildman–Crippen MR) is 95.5 cm³/mol. The number of anilines is 1. The summed E-state index contributed by atoms with van der Waals surface area (Å²) < 4.78 is 5.43. The van der Waals surface area contributed by atoms with Crippen molar-refractivity contribution in [2.45, 2.75) is 13.8 Å². The number of amides is 1. The maximum absolute atomic E-state index is 12.4. The molecule has 0 saturated carbocycles. The van der Waals surface area contributed by atoms with Crippen molar-refractivity contribution in [1.82, 2.24) is 15.2 Å². The zero-order chi connectivity index (χ0) is 17.4. The number of aryl methyl sites for hydroxylation is 2. The molecule has 25 heavy (non-hydrogen) atoms. The Hall–Kier alpha value is -3.41. The highest BCUT2D eigenvalue weighted by Gasteiger charge is 2.12. The number of H-pyrrole nitrogens is 1. The van der Waals surface area contributed by atoms with Crippen molar-refractivity contribution in [3.63, 3.8) is 0 Å². The van der Waals surface area contributed by atoms with Gasteiger partial charge in [0.1, 0.15) is 11.2 Å². The fraction of sp³-hybridized carbons (Fsp3) is 0.105. The van der Waals surface area contributed by atoms with E-state index in [1.54, 1.807) is 31.2 Å². The highest BCUT2D eigenvalue weighted by molar-refractivity contribution is 6.04. The Bertz CT molecular complexity index is 1060. The minimum absolute atomic E-state index is 0.259. The van der Waals surface area contributed by atoms with E-state index >= 15 is 0 Å². The van der Waals surface area contributed by atoms with E-state index in [2.05, 4.69) is 20.5 Å². The van der Waals surface area contributed by atoms with Gasteiger partial charge in [-0.15, -0.1) is 0 Å². The lowest BCUT2D eigenvalue weighted by atomic mass is 10.1. The van der Waals surface area contributed by atoms with Crippen LogP contribution in [0.15, 0.2) is 52.9 Å². The Morgan fingerprint density at radius 2 is 1.88 bits per heavy atom. The first-order valence-corrected chi connectivity index (χ1v) is 7.89. The largest absolute Gasteiger partial charge is 0.441 e. The molecule has 0 radical (unpaired) electrons. The first-order valence-electron chi connectivity index (χ1n) is 7.89. The average molecular weight is 332 g/mol. The number of carbonyl (C=O) groups excluding carboxylic acids is 1. The zero-order valence-electron chi connectivity index (χ0n) is 13.8. The lowest BCUT2D eigenvalue weighted by Gasteiger charge is -2.02. The number of hydrogen-bond donors (Lipinski definition) is 2. The number of nitrogens with one attached hydrogen (secondary N) is 2. The van der Waals surface area contributed by atoms with Crippen molar-refractivity contribution in [1.29, 1.82) is 0 Å². The molecule has 0 aliphatic carbocycles. The fourth-order valence-corrected chi connectivity index (χ4v) is 2.63. The van der Waals surface area contributed by atoms with Gasteiger partial charge in [-0.05, 0) is 31.2 Å². The molecule has 2 aromatic heterocycles. The molecule has 0 fully saturated rings.